The summed E-state index contributed by atoms with van der Waals surface area (Å²) >= 11 is 0. The van der Waals surface area contributed by atoms with Crippen LogP contribution in [0.15, 0.2) is 10.9 Å². The summed E-state index contributed by atoms with van der Waals surface area (Å²) in [7, 11) is 1.28. The van der Waals surface area contributed by atoms with E-state index in [1.54, 1.807) is 10.6 Å². The predicted octanol–water partition coefficient (Wildman–Crippen LogP) is 2.44. The first-order valence-electron chi connectivity index (χ1n) is 8.69. The molecule has 0 fully saturated rings. The van der Waals surface area contributed by atoms with Gasteiger partial charge in [-0.25, -0.2) is 4.79 Å². The minimum atomic E-state index is -0.789. The monoisotopic (exact) mass is 350 g/mol. The van der Waals surface area contributed by atoms with Crippen molar-refractivity contribution in [1.29, 1.82) is 0 Å². The van der Waals surface area contributed by atoms with Crippen LogP contribution in [0.4, 0.5) is 0 Å². The van der Waals surface area contributed by atoms with Crippen LogP contribution in [0, 0.1) is 25.7 Å². The van der Waals surface area contributed by atoms with Crippen LogP contribution in [-0.2, 0) is 16.1 Å². The summed E-state index contributed by atoms with van der Waals surface area (Å²) in [5.41, 5.74) is 1.46. The molecular weight excluding hydrogens is 320 g/mol. The third kappa shape index (κ3) is 5.18. The smallest absolute Gasteiger partial charge is 0.328 e. The molecule has 0 bridgehead atoms. The number of hydrogen-bond acceptors (Lipinski definition) is 4. The maximum absolute atomic E-state index is 12.8. The van der Waals surface area contributed by atoms with E-state index in [1.807, 2.05) is 27.7 Å². The van der Waals surface area contributed by atoms with E-state index >= 15 is 0 Å². The van der Waals surface area contributed by atoms with Gasteiger partial charge in [-0.2, -0.15) is 0 Å². The molecule has 0 spiro atoms. The molecule has 0 aliphatic heterocycles. The number of ether oxygens (including phenoxy) is 1. The van der Waals surface area contributed by atoms with Crippen LogP contribution < -0.4 is 10.9 Å². The highest BCUT2D eigenvalue weighted by Gasteiger charge is 2.27. The van der Waals surface area contributed by atoms with Gasteiger partial charge in [-0.15, -0.1) is 0 Å². The molecule has 1 unspecified atom stereocenters. The molecule has 0 saturated carbocycles. The molecule has 1 amide bonds. The number of methoxy groups -OCH3 is 1. The van der Waals surface area contributed by atoms with Gasteiger partial charge >= 0.3 is 5.97 Å². The maximum Gasteiger partial charge on any atom is 0.328 e. The minimum absolute atomic E-state index is 0.0569. The van der Waals surface area contributed by atoms with Gasteiger partial charge in [0.15, 0.2) is 0 Å². The highest BCUT2D eigenvalue weighted by atomic mass is 16.5. The molecule has 140 valence electrons. The Bertz CT molecular complexity index is 689. The summed E-state index contributed by atoms with van der Waals surface area (Å²) in [5, 5.41) is 2.64. The van der Waals surface area contributed by atoms with Crippen LogP contribution in [0.1, 0.15) is 55.7 Å². The molecule has 0 aromatic carbocycles. The molecule has 1 N–H and O–H groups in total. The zero-order valence-corrected chi connectivity index (χ0v) is 16.3. The van der Waals surface area contributed by atoms with Gasteiger partial charge in [0.05, 0.1) is 7.11 Å². The summed E-state index contributed by atoms with van der Waals surface area (Å²) in [6.45, 7) is 12.1. The van der Waals surface area contributed by atoms with E-state index in [0.29, 0.717) is 12.5 Å². The fraction of sp³-hybridized carbons (Fsp3) is 0.632. The number of aromatic nitrogens is 1. The van der Waals surface area contributed by atoms with E-state index in [-0.39, 0.29) is 17.0 Å². The second kappa shape index (κ2) is 8.83. The molecule has 0 aliphatic carbocycles. The molecule has 0 radical (unpaired) electrons. The quantitative estimate of drug-likeness (QED) is 0.766. The number of rotatable bonds is 7. The molecule has 1 aromatic rings. The van der Waals surface area contributed by atoms with E-state index in [9.17, 15) is 14.4 Å². The highest BCUT2D eigenvalue weighted by Crippen LogP contribution is 2.11. The summed E-state index contributed by atoms with van der Waals surface area (Å²) in [6.07, 6.45) is 0.849. The number of pyridine rings is 1. The summed E-state index contributed by atoms with van der Waals surface area (Å²) in [4.78, 5) is 37.2. The van der Waals surface area contributed by atoms with Crippen molar-refractivity contribution < 1.29 is 14.3 Å². The first kappa shape index (κ1) is 20.9. The summed E-state index contributed by atoms with van der Waals surface area (Å²) in [5.74, 6) is -0.761. The molecule has 25 heavy (non-hydrogen) atoms. The van der Waals surface area contributed by atoms with Crippen LogP contribution in [-0.4, -0.2) is 29.6 Å². The first-order valence-corrected chi connectivity index (χ1v) is 8.69. The molecule has 0 saturated heterocycles. The number of esters is 1. The number of aryl methyl sites for hydroxylation is 1. The summed E-state index contributed by atoms with van der Waals surface area (Å²) in [6, 6.07) is 0.802. The van der Waals surface area contributed by atoms with E-state index in [4.69, 9.17) is 4.74 Å². The Labute approximate surface area is 149 Å². The predicted molar refractivity (Wildman–Crippen MR) is 97.7 cm³/mol. The fourth-order valence-electron chi connectivity index (χ4n) is 2.56. The topological polar surface area (TPSA) is 77.4 Å². The van der Waals surface area contributed by atoms with Crippen molar-refractivity contribution in [3.05, 3.63) is 33.2 Å². The van der Waals surface area contributed by atoms with Gasteiger partial charge in [0.1, 0.15) is 11.6 Å². The fourth-order valence-corrected chi connectivity index (χ4v) is 2.56. The highest BCUT2D eigenvalue weighted by molar-refractivity contribution is 5.96. The number of nitrogens with zero attached hydrogens (tertiary/aromatic N) is 1. The number of nitrogens with one attached hydrogen (secondary N) is 1. The molecule has 1 rings (SSSR count). The Hall–Kier alpha value is -2.11. The van der Waals surface area contributed by atoms with Crippen molar-refractivity contribution in [2.45, 2.75) is 60.5 Å². The molecule has 1 aromatic heterocycles. The van der Waals surface area contributed by atoms with Gasteiger partial charge in [-0.05, 0) is 43.7 Å². The number of amides is 1. The van der Waals surface area contributed by atoms with Crippen LogP contribution in [0.2, 0.25) is 0 Å². The van der Waals surface area contributed by atoms with Gasteiger partial charge in [0, 0.05) is 12.2 Å². The zero-order valence-electron chi connectivity index (χ0n) is 16.3. The second-order valence-electron chi connectivity index (χ2n) is 7.18. The second-order valence-corrected chi connectivity index (χ2v) is 7.18. The van der Waals surface area contributed by atoms with Gasteiger partial charge in [-0.3, -0.25) is 9.59 Å². The largest absolute Gasteiger partial charge is 0.467 e. The molecule has 6 nitrogen and oxygen atoms in total. The lowest BCUT2D eigenvalue weighted by Gasteiger charge is -2.21. The maximum atomic E-state index is 12.8. The first-order chi connectivity index (χ1) is 11.6. The molecular formula is C19H30N2O4. The van der Waals surface area contributed by atoms with Crippen molar-refractivity contribution >= 4 is 11.9 Å². The number of carbonyl (C=O) groups is 2. The molecule has 1 heterocycles. The Balaban J connectivity index is 3.21. The number of carbonyl (C=O) groups excluding carboxylic acids is 2. The van der Waals surface area contributed by atoms with E-state index in [2.05, 4.69) is 19.2 Å². The van der Waals surface area contributed by atoms with E-state index < -0.39 is 17.9 Å². The van der Waals surface area contributed by atoms with Gasteiger partial charge in [0.2, 0.25) is 0 Å². The Morgan fingerprint density at radius 1 is 1.20 bits per heavy atom. The van der Waals surface area contributed by atoms with Crippen molar-refractivity contribution in [3.63, 3.8) is 0 Å². The Morgan fingerprint density at radius 3 is 2.28 bits per heavy atom. The van der Waals surface area contributed by atoms with Crippen molar-refractivity contribution in [3.8, 4) is 0 Å². The Morgan fingerprint density at radius 2 is 1.80 bits per heavy atom. The molecule has 1 atom stereocenters. The molecule has 0 aliphatic rings. The van der Waals surface area contributed by atoms with Crippen molar-refractivity contribution in [2.24, 2.45) is 11.8 Å². The average molecular weight is 350 g/mol. The van der Waals surface area contributed by atoms with Crippen molar-refractivity contribution in [2.75, 3.05) is 7.11 Å². The third-order valence-electron chi connectivity index (χ3n) is 4.40. The molecule has 6 heteroatoms. The SMILES string of the molecule is COC(=O)C(NC(=O)c1cc(C)c(C)n(CCC(C)C)c1=O)C(C)C. The van der Waals surface area contributed by atoms with Crippen LogP contribution in [0.5, 0.6) is 0 Å². The van der Waals surface area contributed by atoms with E-state index in [0.717, 1.165) is 17.7 Å². The van der Waals surface area contributed by atoms with Crippen LogP contribution in [0.3, 0.4) is 0 Å². The number of hydrogen-bond donors (Lipinski definition) is 1. The normalized spacial score (nSPS) is 12.4. The van der Waals surface area contributed by atoms with Crippen LogP contribution in [0.25, 0.3) is 0 Å². The van der Waals surface area contributed by atoms with Crippen LogP contribution >= 0.6 is 0 Å². The zero-order chi connectivity index (χ0) is 19.3. The minimum Gasteiger partial charge on any atom is -0.467 e. The third-order valence-corrected chi connectivity index (χ3v) is 4.40. The lowest BCUT2D eigenvalue weighted by molar-refractivity contribution is -0.144. The van der Waals surface area contributed by atoms with Gasteiger partial charge in [-0.1, -0.05) is 27.7 Å². The average Bonchev–Trinajstić information content (AvgIpc) is 2.54. The lowest BCUT2D eigenvalue weighted by Crippen LogP contribution is -2.46. The van der Waals surface area contributed by atoms with Gasteiger partial charge < -0.3 is 14.6 Å². The standard InChI is InChI=1S/C19H30N2O4/c1-11(2)8-9-21-14(6)13(5)10-15(18(21)23)17(22)20-16(12(3)4)19(24)25-7/h10-12,16H,8-9H2,1-7H3,(H,20,22). The van der Waals surface area contributed by atoms with Gasteiger partial charge in [0.25, 0.3) is 11.5 Å². The lowest BCUT2D eigenvalue weighted by atomic mass is 10.0. The van der Waals surface area contributed by atoms with Crippen molar-refractivity contribution in [1.82, 2.24) is 9.88 Å². The summed E-state index contributed by atoms with van der Waals surface area (Å²) < 4.78 is 6.38. The van der Waals surface area contributed by atoms with E-state index in [1.165, 1.54) is 7.11 Å². The Kier molecular flexibility index (Phi) is 7.39.